The van der Waals surface area contributed by atoms with Gasteiger partial charge in [0.05, 0.1) is 23.7 Å². The third-order valence-corrected chi connectivity index (χ3v) is 5.84. The van der Waals surface area contributed by atoms with E-state index in [1.54, 1.807) is 0 Å². The smallest absolute Gasteiger partial charge is 0.378 e. The molecule has 1 fully saturated rings. The third kappa shape index (κ3) is 4.13. The number of rotatable bonds is 5. The van der Waals surface area contributed by atoms with Gasteiger partial charge in [0.25, 0.3) is 5.89 Å². The summed E-state index contributed by atoms with van der Waals surface area (Å²) >= 11 is 0. The Labute approximate surface area is 152 Å². The van der Waals surface area contributed by atoms with E-state index >= 15 is 0 Å². The highest BCUT2D eigenvalue weighted by atomic mass is 32.2. The average Bonchev–Trinajstić information content (AvgIpc) is 3.10. The highest BCUT2D eigenvalue weighted by molar-refractivity contribution is 7.89. The van der Waals surface area contributed by atoms with Gasteiger partial charge in [-0.3, -0.25) is 0 Å². The number of hydrogen-bond acceptors (Lipinski definition) is 7. The maximum atomic E-state index is 12.9. The van der Waals surface area contributed by atoms with Crippen LogP contribution in [0.4, 0.5) is 13.2 Å². The Morgan fingerprint density at radius 1 is 1.30 bits per heavy atom. The first-order chi connectivity index (χ1) is 12.7. The molecule has 1 aliphatic heterocycles. The first kappa shape index (κ1) is 19.7. The summed E-state index contributed by atoms with van der Waals surface area (Å²) in [4.78, 5) is 3.83. The fourth-order valence-electron chi connectivity index (χ4n) is 2.62. The fraction of sp³-hybridized carbons (Fsp3) is 0.467. The second-order valence-corrected chi connectivity index (χ2v) is 7.60. The Hall–Kier alpha value is -2.02. The third-order valence-electron chi connectivity index (χ3n) is 3.92. The van der Waals surface area contributed by atoms with Gasteiger partial charge in [0.1, 0.15) is 12.6 Å². The highest BCUT2D eigenvalue weighted by Gasteiger charge is 2.38. The molecule has 3 rings (SSSR count). The first-order valence-electron chi connectivity index (χ1n) is 7.82. The lowest BCUT2D eigenvalue weighted by atomic mass is 10.2. The molecule has 0 saturated carbocycles. The molecule has 0 amide bonds. The van der Waals surface area contributed by atoms with Crippen molar-refractivity contribution in [1.82, 2.24) is 14.4 Å². The number of morpholine rings is 1. The van der Waals surface area contributed by atoms with Crippen molar-refractivity contribution in [2.45, 2.75) is 23.7 Å². The van der Waals surface area contributed by atoms with Crippen molar-refractivity contribution in [2.24, 2.45) is 0 Å². The van der Waals surface area contributed by atoms with Crippen molar-refractivity contribution in [3.05, 3.63) is 41.5 Å². The van der Waals surface area contributed by atoms with E-state index in [0.29, 0.717) is 0 Å². The summed E-state index contributed by atoms with van der Waals surface area (Å²) < 4.78 is 80.3. The molecule has 1 aliphatic rings. The zero-order valence-corrected chi connectivity index (χ0v) is 15.0. The molecule has 0 bridgehead atoms. The Morgan fingerprint density at radius 3 is 2.63 bits per heavy atom. The minimum Gasteiger partial charge on any atom is -0.378 e. The Kier molecular flexibility index (Phi) is 5.51. The molecule has 8 nitrogen and oxygen atoms in total. The molecular weight excluding hydrogens is 391 g/mol. The first-order valence-corrected chi connectivity index (χ1v) is 9.26. The molecule has 1 atom stereocenters. The lowest BCUT2D eigenvalue weighted by molar-refractivity contribution is -0.137. The standard InChI is InChI=1S/C15H16F3N3O5S/c1-24-9-13-19-14(20-26-13)12-8-25-7-6-21(12)27(22,23)11-4-2-10(3-5-11)15(16,17)18/h2-5,12H,6-9H2,1H3/t12-/m0/s1. The van der Waals surface area contributed by atoms with Crippen molar-refractivity contribution >= 4 is 10.0 Å². The Bertz CT molecular complexity index is 883. The Morgan fingerprint density at radius 2 is 2.00 bits per heavy atom. The van der Waals surface area contributed by atoms with E-state index in [1.807, 2.05) is 0 Å². The van der Waals surface area contributed by atoms with Gasteiger partial charge >= 0.3 is 6.18 Å². The van der Waals surface area contributed by atoms with Crippen molar-refractivity contribution in [1.29, 1.82) is 0 Å². The number of methoxy groups -OCH3 is 1. The molecule has 1 aromatic heterocycles. The maximum Gasteiger partial charge on any atom is 0.416 e. The molecule has 0 N–H and O–H groups in total. The van der Waals surface area contributed by atoms with Crippen LogP contribution in [0.3, 0.4) is 0 Å². The second-order valence-electron chi connectivity index (χ2n) is 5.71. The molecule has 2 aromatic rings. The summed E-state index contributed by atoms with van der Waals surface area (Å²) in [6, 6.07) is 2.45. The van der Waals surface area contributed by atoms with Crippen LogP contribution in [0, 0.1) is 0 Å². The van der Waals surface area contributed by atoms with E-state index in [2.05, 4.69) is 10.1 Å². The number of hydrogen-bond donors (Lipinski definition) is 0. The summed E-state index contributed by atoms with van der Waals surface area (Å²) in [5.41, 5.74) is -0.928. The van der Waals surface area contributed by atoms with E-state index in [0.717, 1.165) is 28.6 Å². The predicted molar refractivity (Wildman–Crippen MR) is 83.9 cm³/mol. The topological polar surface area (TPSA) is 94.8 Å². The van der Waals surface area contributed by atoms with E-state index in [1.165, 1.54) is 7.11 Å². The van der Waals surface area contributed by atoms with Gasteiger partial charge in [0, 0.05) is 13.7 Å². The van der Waals surface area contributed by atoms with E-state index in [4.69, 9.17) is 14.0 Å². The molecule has 0 radical (unpaired) electrons. The van der Waals surface area contributed by atoms with Crippen LogP contribution in [0.2, 0.25) is 0 Å². The van der Waals surface area contributed by atoms with Gasteiger partial charge in [-0.25, -0.2) is 8.42 Å². The van der Waals surface area contributed by atoms with Crippen LogP contribution >= 0.6 is 0 Å². The highest BCUT2D eigenvalue weighted by Crippen LogP contribution is 2.32. The molecule has 27 heavy (non-hydrogen) atoms. The average molecular weight is 407 g/mol. The fourth-order valence-corrected chi connectivity index (χ4v) is 4.17. The van der Waals surface area contributed by atoms with Crippen molar-refractivity contribution in [3.8, 4) is 0 Å². The molecule has 1 aromatic carbocycles. The van der Waals surface area contributed by atoms with Gasteiger partial charge in [-0.2, -0.15) is 22.5 Å². The van der Waals surface area contributed by atoms with E-state index in [-0.39, 0.29) is 43.0 Å². The minimum atomic E-state index is -4.55. The largest absolute Gasteiger partial charge is 0.416 e. The van der Waals surface area contributed by atoms with Crippen molar-refractivity contribution in [3.63, 3.8) is 0 Å². The summed E-state index contributed by atoms with van der Waals surface area (Å²) in [6.45, 7) is 0.194. The maximum absolute atomic E-state index is 12.9. The lowest BCUT2D eigenvalue weighted by Crippen LogP contribution is -2.43. The number of nitrogens with zero attached hydrogens (tertiary/aromatic N) is 3. The van der Waals surface area contributed by atoms with Crippen LogP contribution in [-0.2, 0) is 32.3 Å². The van der Waals surface area contributed by atoms with Gasteiger partial charge in [0.15, 0.2) is 5.82 Å². The summed E-state index contributed by atoms with van der Waals surface area (Å²) in [6.07, 6.45) is -4.55. The van der Waals surface area contributed by atoms with Crippen molar-refractivity contribution < 1.29 is 35.6 Å². The van der Waals surface area contributed by atoms with E-state index in [9.17, 15) is 21.6 Å². The number of halogens is 3. The molecule has 0 aliphatic carbocycles. The normalized spacial score (nSPS) is 19.3. The van der Waals surface area contributed by atoms with Gasteiger partial charge in [-0.15, -0.1) is 0 Å². The molecule has 1 saturated heterocycles. The molecule has 2 heterocycles. The lowest BCUT2D eigenvalue weighted by Gasteiger charge is -2.32. The minimum absolute atomic E-state index is 0.00216. The zero-order chi connectivity index (χ0) is 19.7. The van der Waals surface area contributed by atoms with Crippen LogP contribution < -0.4 is 0 Å². The van der Waals surface area contributed by atoms with Crippen LogP contribution in [0.25, 0.3) is 0 Å². The Balaban J connectivity index is 1.90. The molecule has 12 heteroatoms. The molecule has 0 unspecified atom stereocenters. The number of aromatic nitrogens is 2. The summed E-state index contributed by atoms with van der Waals surface area (Å²) in [7, 11) is -2.65. The van der Waals surface area contributed by atoms with Gasteiger partial charge < -0.3 is 14.0 Å². The van der Waals surface area contributed by atoms with Crippen LogP contribution in [-0.4, -0.2) is 49.7 Å². The second kappa shape index (κ2) is 7.54. The van der Waals surface area contributed by atoms with Crippen LogP contribution in [0.5, 0.6) is 0 Å². The van der Waals surface area contributed by atoms with Crippen LogP contribution in [0.1, 0.15) is 23.3 Å². The number of sulfonamides is 1. The van der Waals surface area contributed by atoms with E-state index < -0.39 is 27.8 Å². The number of alkyl halides is 3. The van der Waals surface area contributed by atoms with Gasteiger partial charge in [-0.05, 0) is 24.3 Å². The summed E-state index contributed by atoms with van der Waals surface area (Å²) in [5.74, 6) is 0.266. The van der Waals surface area contributed by atoms with Crippen LogP contribution in [0.15, 0.2) is 33.7 Å². The molecule has 0 spiro atoms. The van der Waals surface area contributed by atoms with Crippen molar-refractivity contribution in [2.75, 3.05) is 26.9 Å². The summed E-state index contributed by atoms with van der Waals surface area (Å²) in [5, 5.41) is 3.76. The molecular formula is C15H16F3N3O5S. The molecule has 148 valence electrons. The number of benzene rings is 1. The zero-order valence-electron chi connectivity index (χ0n) is 14.1. The predicted octanol–water partition coefficient (Wildman–Crippen LogP) is 2.00. The SMILES string of the molecule is COCc1nc([C@@H]2COCCN2S(=O)(=O)c2ccc(C(F)(F)F)cc2)no1. The van der Waals surface area contributed by atoms with Gasteiger partial charge in [-0.1, -0.05) is 5.16 Å². The monoisotopic (exact) mass is 407 g/mol. The quantitative estimate of drug-likeness (QED) is 0.748. The van der Waals surface area contributed by atoms with Gasteiger partial charge in [0.2, 0.25) is 10.0 Å². The number of ether oxygens (including phenoxy) is 2.